The first-order chi connectivity index (χ1) is 10.2. The average molecular weight is 282 g/mol. The van der Waals surface area contributed by atoms with Crippen LogP contribution >= 0.6 is 0 Å². The van der Waals surface area contributed by atoms with Crippen LogP contribution in [0.15, 0.2) is 53.5 Å². The van der Waals surface area contributed by atoms with Crippen molar-refractivity contribution in [2.45, 2.75) is 19.5 Å². The van der Waals surface area contributed by atoms with Gasteiger partial charge < -0.3 is 5.32 Å². The fraction of sp³-hybridized carbons (Fsp3) is 0.250. The van der Waals surface area contributed by atoms with E-state index in [0.717, 1.165) is 0 Å². The fourth-order valence-corrected chi connectivity index (χ4v) is 2.58. The Morgan fingerprint density at radius 1 is 1.19 bits per heavy atom. The van der Waals surface area contributed by atoms with E-state index in [9.17, 15) is 4.79 Å². The first-order valence-electron chi connectivity index (χ1n) is 6.97. The first-order valence-corrected chi connectivity index (χ1v) is 6.97. The quantitative estimate of drug-likeness (QED) is 0.793. The van der Waals surface area contributed by atoms with Gasteiger partial charge >= 0.3 is 5.69 Å². The molecule has 0 spiro atoms. The van der Waals surface area contributed by atoms with Gasteiger partial charge in [-0.15, -0.1) is 5.10 Å². The predicted molar refractivity (Wildman–Crippen MR) is 82.4 cm³/mol. The highest BCUT2D eigenvalue weighted by molar-refractivity contribution is 5.35. The molecule has 1 atom stereocenters. The summed E-state index contributed by atoms with van der Waals surface area (Å²) < 4.78 is 3.08. The standard InChI is InChI=1S/C16H18N4O/c1-12-7-3-4-8-13(12)14(17-2)11-20-16(21)19-10-6-5-9-15(19)18-20/h3-10,14,17H,11H2,1-2H3. The van der Waals surface area contributed by atoms with Crippen molar-refractivity contribution in [3.63, 3.8) is 0 Å². The minimum absolute atomic E-state index is 0.0498. The Morgan fingerprint density at radius 2 is 1.95 bits per heavy atom. The van der Waals surface area contributed by atoms with Crippen molar-refractivity contribution in [3.8, 4) is 0 Å². The Labute approximate surface area is 122 Å². The molecule has 0 saturated heterocycles. The Morgan fingerprint density at radius 3 is 2.67 bits per heavy atom. The number of rotatable bonds is 4. The average Bonchev–Trinajstić information content (AvgIpc) is 2.82. The van der Waals surface area contributed by atoms with Gasteiger partial charge in [-0.2, -0.15) is 0 Å². The summed E-state index contributed by atoms with van der Waals surface area (Å²) in [4.78, 5) is 12.3. The van der Waals surface area contributed by atoms with Gasteiger partial charge in [-0.25, -0.2) is 9.48 Å². The lowest BCUT2D eigenvalue weighted by Gasteiger charge is -2.18. The molecule has 0 bridgehead atoms. The van der Waals surface area contributed by atoms with Crippen LogP contribution < -0.4 is 11.0 Å². The Kier molecular flexibility index (Phi) is 3.58. The topological polar surface area (TPSA) is 51.3 Å². The van der Waals surface area contributed by atoms with Gasteiger partial charge in [0.2, 0.25) is 0 Å². The summed E-state index contributed by atoms with van der Waals surface area (Å²) in [6, 6.07) is 13.8. The molecule has 5 heteroatoms. The van der Waals surface area contributed by atoms with Crippen molar-refractivity contribution in [2.24, 2.45) is 0 Å². The molecule has 0 saturated carbocycles. The largest absolute Gasteiger partial charge is 0.350 e. The molecule has 108 valence electrons. The number of fused-ring (bicyclic) bond motifs is 1. The monoisotopic (exact) mass is 282 g/mol. The van der Waals surface area contributed by atoms with Gasteiger partial charge in [-0.3, -0.25) is 4.40 Å². The molecule has 0 radical (unpaired) electrons. The second kappa shape index (κ2) is 5.54. The summed E-state index contributed by atoms with van der Waals surface area (Å²) in [5.41, 5.74) is 2.94. The molecule has 0 aliphatic rings. The van der Waals surface area contributed by atoms with E-state index in [0.29, 0.717) is 12.2 Å². The molecule has 1 unspecified atom stereocenters. The lowest BCUT2D eigenvalue weighted by molar-refractivity contribution is 0.457. The molecule has 1 N–H and O–H groups in total. The zero-order valence-electron chi connectivity index (χ0n) is 12.2. The molecule has 0 fully saturated rings. The third-order valence-electron chi connectivity index (χ3n) is 3.76. The molecule has 1 aromatic carbocycles. The van der Waals surface area contributed by atoms with Crippen LogP contribution in [0.2, 0.25) is 0 Å². The Balaban J connectivity index is 1.98. The summed E-state index contributed by atoms with van der Waals surface area (Å²) in [5.74, 6) is 0. The molecular weight excluding hydrogens is 264 g/mol. The molecule has 5 nitrogen and oxygen atoms in total. The van der Waals surface area contributed by atoms with Crippen LogP contribution in [0.3, 0.4) is 0 Å². The molecule has 3 aromatic rings. The lowest BCUT2D eigenvalue weighted by Crippen LogP contribution is -2.29. The van der Waals surface area contributed by atoms with Crippen LogP contribution in [0.25, 0.3) is 5.65 Å². The van der Waals surface area contributed by atoms with Crippen LogP contribution in [0, 0.1) is 6.92 Å². The van der Waals surface area contributed by atoms with Crippen LogP contribution in [-0.2, 0) is 6.54 Å². The van der Waals surface area contributed by atoms with Crippen LogP contribution in [0.5, 0.6) is 0 Å². The van der Waals surface area contributed by atoms with Crippen molar-refractivity contribution in [1.82, 2.24) is 19.5 Å². The number of hydrogen-bond donors (Lipinski definition) is 1. The minimum atomic E-state index is -0.112. The van der Waals surface area contributed by atoms with Crippen LogP contribution in [0.4, 0.5) is 0 Å². The van der Waals surface area contributed by atoms with E-state index in [1.165, 1.54) is 15.8 Å². The zero-order chi connectivity index (χ0) is 14.8. The summed E-state index contributed by atoms with van der Waals surface area (Å²) in [6.07, 6.45) is 1.74. The van der Waals surface area contributed by atoms with E-state index in [1.54, 1.807) is 10.6 Å². The van der Waals surface area contributed by atoms with Gasteiger partial charge in [0.25, 0.3) is 0 Å². The smallest absolute Gasteiger partial charge is 0.311 e. The maximum atomic E-state index is 12.3. The van der Waals surface area contributed by atoms with E-state index >= 15 is 0 Å². The molecular formula is C16H18N4O. The molecule has 21 heavy (non-hydrogen) atoms. The SMILES string of the molecule is CNC(Cn1nc2ccccn2c1=O)c1ccccc1C. The van der Waals surface area contributed by atoms with Gasteiger partial charge in [0.1, 0.15) is 0 Å². The van der Waals surface area contributed by atoms with E-state index < -0.39 is 0 Å². The second-order valence-corrected chi connectivity index (χ2v) is 5.09. The number of nitrogens with one attached hydrogen (secondary N) is 1. The van der Waals surface area contributed by atoms with Gasteiger partial charge in [0.05, 0.1) is 12.6 Å². The van der Waals surface area contributed by atoms with Crippen molar-refractivity contribution in [1.29, 1.82) is 0 Å². The van der Waals surface area contributed by atoms with Crippen LogP contribution in [0.1, 0.15) is 17.2 Å². The number of benzene rings is 1. The highest BCUT2D eigenvalue weighted by atomic mass is 16.2. The molecule has 0 amide bonds. The van der Waals surface area contributed by atoms with Crippen LogP contribution in [-0.4, -0.2) is 21.2 Å². The summed E-state index contributed by atoms with van der Waals surface area (Å²) in [5, 5.41) is 7.65. The summed E-state index contributed by atoms with van der Waals surface area (Å²) in [7, 11) is 1.90. The number of pyridine rings is 1. The summed E-state index contributed by atoms with van der Waals surface area (Å²) in [6.45, 7) is 2.58. The summed E-state index contributed by atoms with van der Waals surface area (Å²) >= 11 is 0. The van der Waals surface area contributed by atoms with Gasteiger partial charge in [0.15, 0.2) is 5.65 Å². The molecule has 2 heterocycles. The zero-order valence-corrected chi connectivity index (χ0v) is 12.2. The maximum absolute atomic E-state index is 12.3. The van der Waals surface area contributed by atoms with Crippen molar-refractivity contribution < 1.29 is 0 Å². The third-order valence-corrected chi connectivity index (χ3v) is 3.76. The maximum Gasteiger partial charge on any atom is 0.350 e. The predicted octanol–water partition coefficient (Wildman–Crippen LogP) is 1.77. The molecule has 3 rings (SSSR count). The number of nitrogens with zero attached hydrogens (tertiary/aromatic N) is 3. The van der Waals surface area contributed by atoms with Gasteiger partial charge in [0, 0.05) is 6.20 Å². The highest BCUT2D eigenvalue weighted by Gasteiger charge is 2.15. The second-order valence-electron chi connectivity index (χ2n) is 5.09. The first kappa shape index (κ1) is 13.6. The van der Waals surface area contributed by atoms with Crippen molar-refractivity contribution in [3.05, 3.63) is 70.3 Å². The van der Waals surface area contributed by atoms with Crippen molar-refractivity contribution >= 4 is 5.65 Å². The Hall–Kier alpha value is -2.40. The number of aromatic nitrogens is 3. The number of hydrogen-bond acceptors (Lipinski definition) is 3. The molecule has 0 aliphatic carbocycles. The molecule has 0 aliphatic heterocycles. The molecule has 2 aromatic heterocycles. The highest BCUT2D eigenvalue weighted by Crippen LogP contribution is 2.18. The third kappa shape index (κ3) is 2.48. The van der Waals surface area contributed by atoms with E-state index in [1.807, 2.05) is 37.4 Å². The van der Waals surface area contributed by atoms with E-state index in [-0.39, 0.29) is 11.7 Å². The van der Waals surface area contributed by atoms with Crippen molar-refractivity contribution in [2.75, 3.05) is 7.05 Å². The number of aryl methyl sites for hydroxylation is 1. The Bertz CT molecular complexity index is 818. The van der Waals surface area contributed by atoms with E-state index in [4.69, 9.17) is 0 Å². The van der Waals surface area contributed by atoms with Gasteiger partial charge in [-0.1, -0.05) is 30.3 Å². The number of likely N-dealkylation sites (N-methyl/N-ethyl adjacent to an activating group) is 1. The lowest BCUT2D eigenvalue weighted by atomic mass is 10.0. The van der Waals surface area contributed by atoms with Gasteiger partial charge in [-0.05, 0) is 37.2 Å². The fourth-order valence-electron chi connectivity index (χ4n) is 2.58. The minimum Gasteiger partial charge on any atom is -0.311 e. The van der Waals surface area contributed by atoms with E-state index in [2.05, 4.69) is 29.5 Å². The normalized spacial score (nSPS) is 12.7.